The molecule has 0 unspecified atom stereocenters. The molecule has 0 saturated heterocycles. The van der Waals surface area contributed by atoms with E-state index in [0.29, 0.717) is 5.56 Å². The lowest BCUT2D eigenvalue weighted by molar-refractivity contribution is 0.671. The van der Waals surface area contributed by atoms with E-state index in [1.165, 1.54) is 11.1 Å². The van der Waals surface area contributed by atoms with Gasteiger partial charge in [-0.2, -0.15) is 5.26 Å². The smallest absolute Gasteiger partial charge is 0.143 e. The number of hydrogen-bond donors (Lipinski definition) is 0. The maximum atomic E-state index is 9.14. The molecule has 1 aliphatic heterocycles. The third kappa shape index (κ3) is 4.13. The highest BCUT2D eigenvalue weighted by atomic mass is 16.3. The predicted octanol–water partition coefficient (Wildman–Crippen LogP) is 9.66. The summed E-state index contributed by atoms with van der Waals surface area (Å²) in [4.78, 5) is 4.33. The summed E-state index contributed by atoms with van der Waals surface area (Å²) in [6.07, 6.45) is 5.95. The van der Waals surface area contributed by atoms with E-state index in [1.54, 1.807) is 0 Å². The molecule has 1 aromatic heterocycles. The summed E-state index contributed by atoms with van der Waals surface area (Å²) in [5.41, 5.74) is 11.5. The van der Waals surface area contributed by atoms with Crippen LogP contribution in [-0.2, 0) is 0 Å². The van der Waals surface area contributed by atoms with Crippen LogP contribution in [0, 0.1) is 11.3 Å². The van der Waals surface area contributed by atoms with Gasteiger partial charge in [0.2, 0.25) is 0 Å². The number of para-hydroxylation sites is 2. The van der Waals surface area contributed by atoms with Gasteiger partial charge in [0, 0.05) is 34.3 Å². The molecule has 0 saturated carbocycles. The fraction of sp³-hybridized carbons (Fsp3) is 0.0556. The van der Waals surface area contributed by atoms with Gasteiger partial charge >= 0.3 is 0 Å². The maximum absolute atomic E-state index is 9.14. The van der Waals surface area contributed by atoms with Crippen molar-refractivity contribution in [2.75, 3.05) is 0 Å². The van der Waals surface area contributed by atoms with Crippen LogP contribution in [0.2, 0.25) is 0 Å². The Balaban J connectivity index is 1.32. The Bertz CT molecular complexity index is 1950. The second-order valence-electron chi connectivity index (χ2n) is 9.84. The first-order valence-electron chi connectivity index (χ1n) is 13.2. The number of nitrogens with zero attached hydrogens (tertiary/aromatic N) is 2. The van der Waals surface area contributed by atoms with E-state index in [4.69, 9.17) is 9.68 Å². The van der Waals surface area contributed by atoms with Gasteiger partial charge in [0.1, 0.15) is 11.2 Å². The number of allylic oxidation sites excluding steroid dienone is 1. The van der Waals surface area contributed by atoms with Crippen molar-refractivity contribution in [3.8, 4) is 39.4 Å². The zero-order valence-electron chi connectivity index (χ0n) is 21.3. The molecule has 6 aromatic rings. The van der Waals surface area contributed by atoms with E-state index in [9.17, 15) is 0 Å². The van der Waals surface area contributed by atoms with Crippen LogP contribution in [0.15, 0.2) is 125 Å². The molecule has 0 amide bonds. The van der Waals surface area contributed by atoms with Crippen LogP contribution in [0.1, 0.15) is 24.0 Å². The molecule has 0 spiro atoms. The van der Waals surface area contributed by atoms with Crippen molar-refractivity contribution in [1.29, 1.82) is 5.26 Å². The molecular weight excluding hydrogens is 476 g/mol. The second kappa shape index (κ2) is 9.59. The van der Waals surface area contributed by atoms with E-state index >= 15 is 0 Å². The van der Waals surface area contributed by atoms with Gasteiger partial charge in [-0.05, 0) is 64.4 Å². The zero-order chi connectivity index (χ0) is 26.2. The van der Waals surface area contributed by atoms with Gasteiger partial charge in [-0.15, -0.1) is 0 Å². The molecule has 7 rings (SSSR count). The molecule has 3 heteroatoms. The van der Waals surface area contributed by atoms with Crippen molar-refractivity contribution in [2.24, 2.45) is 4.99 Å². The lowest BCUT2D eigenvalue weighted by Crippen LogP contribution is -1.90. The highest BCUT2D eigenvalue weighted by Gasteiger charge is 2.16. The number of benzene rings is 5. The van der Waals surface area contributed by atoms with Crippen LogP contribution >= 0.6 is 0 Å². The van der Waals surface area contributed by atoms with E-state index in [1.807, 2.05) is 36.7 Å². The third-order valence-corrected chi connectivity index (χ3v) is 7.49. The van der Waals surface area contributed by atoms with Crippen LogP contribution in [0.3, 0.4) is 0 Å². The minimum Gasteiger partial charge on any atom is -0.455 e. The molecule has 5 aromatic carbocycles. The van der Waals surface area contributed by atoms with E-state index in [2.05, 4.69) is 96.0 Å². The van der Waals surface area contributed by atoms with Gasteiger partial charge < -0.3 is 4.42 Å². The fourth-order valence-electron chi connectivity index (χ4n) is 5.46. The zero-order valence-corrected chi connectivity index (χ0v) is 21.3. The number of aliphatic imine (C=N–C) groups is 1. The minimum absolute atomic E-state index is 0.660. The maximum Gasteiger partial charge on any atom is 0.143 e. The summed E-state index contributed by atoms with van der Waals surface area (Å²) in [5, 5.41) is 11.4. The molecule has 2 heterocycles. The lowest BCUT2D eigenvalue weighted by atomic mass is 9.96. The van der Waals surface area contributed by atoms with Gasteiger partial charge in [0.25, 0.3) is 0 Å². The summed E-state index contributed by atoms with van der Waals surface area (Å²) >= 11 is 0. The molecule has 0 radical (unpaired) electrons. The molecule has 1 aliphatic rings. The summed E-state index contributed by atoms with van der Waals surface area (Å²) < 4.78 is 6.68. The number of rotatable bonds is 4. The van der Waals surface area contributed by atoms with Crippen molar-refractivity contribution < 1.29 is 4.42 Å². The first kappa shape index (κ1) is 23.0. The summed E-state index contributed by atoms with van der Waals surface area (Å²) in [6, 6.07) is 39.8. The monoisotopic (exact) mass is 500 g/mol. The molecular formula is C36H24N2O. The Morgan fingerprint density at radius 1 is 0.615 bits per heavy atom. The molecule has 3 nitrogen and oxygen atoms in total. The SMILES string of the molecule is N#Cc1ccc(-c2cccc(-c3cccc4c3oc3c(-c5ccc(C6=CN=CCC6)cc5)cccc34)c2)cc1. The molecule has 0 bridgehead atoms. The Hall–Kier alpha value is -5.20. The van der Waals surface area contributed by atoms with Crippen molar-refractivity contribution >= 4 is 33.7 Å². The Morgan fingerprint density at radius 3 is 1.90 bits per heavy atom. The lowest BCUT2D eigenvalue weighted by Gasteiger charge is -2.10. The summed E-state index contributed by atoms with van der Waals surface area (Å²) in [7, 11) is 0. The molecule has 184 valence electrons. The number of fused-ring (bicyclic) bond motifs is 3. The highest BCUT2D eigenvalue weighted by Crippen LogP contribution is 2.40. The fourth-order valence-corrected chi connectivity index (χ4v) is 5.46. The summed E-state index contributed by atoms with van der Waals surface area (Å²) in [6.45, 7) is 0. The van der Waals surface area contributed by atoms with Crippen LogP contribution in [0.25, 0.3) is 60.9 Å². The van der Waals surface area contributed by atoms with Crippen LogP contribution < -0.4 is 0 Å². The molecule has 0 fully saturated rings. The molecule has 39 heavy (non-hydrogen) atoms. The highest BCUT2D eigenvalue weighted by molar-refractivity contribution is 6.13. The van der Waals surface area contributed by atoms with Gasteiger partial charge in [-0.3, -0.25) is 4.99 Å². The number of hydrogen-bond acceptors (Lipinski definition) is 3. The molecule has 0 atom stereocenters. The third-order valence-electron chi connectivity index (χ3n) is 7.49. The molecule has 0 aliphatic carbocycles. The first-order chi connectivity index (χ1) is 19.3. The molecule has 0 N–H and O–H groups in total. The van der Waals surface area contributed by atoms with Crippen LogP contribution in [0.4, 0.5) is 0 Å². The predicted molar refractivity (Wildman–Crippen MR) is 160 cm³/mol. The number of furan rings is 1. The quantitative estimate of drug-likeness (QED) is 0.242. The van der Waals surface area contributed by atoms with Gasteiger partial charge in [-0.25, -0.2) is 0 Å². The van der Waals surface area contributed by atoms with Gasteiger partial charge in [0.15, 0.2) is 0 Å². The van der Waals surface area contributed by atoms with Crippen molar-refractivity contribution in [3.05, 3.63) is 127 Å². The van der Waals surface area contributed by atoms with Crippen molar-refractivity contribution in [3.63, 3.8) is 0 Å². The largest absolute Gasteiger partial charge is 0.455 e. The van der Waals surface area contributed by atoms with E-state index in [-0.39, 0.29) is 0 Å². The normalized spacial score (nSPS) is 12.9. The van der Waals surface area contributed by atoms with E-state index < -0.39 is 0 Å². The van der Waals surface area contributed by atoms with E-state index in [0.717, 1.165) is 68.2 Å². The Labute approximate surface area is 227 Å². The van der Waals surface area contributed by atoms with Gasteiger partial charge in [-0.1, -0.05) is 91.0 Å². The minimum atomic E-state index is 0.660. The van der Waals surface area contributed by atoms with Crippen molar-refractivity contribution in [1.82, 2.24) is 0 Å². The van der Waals surface area contributed by atoms with Crippen LogP contribution in [-0.4, -0.2) is 6.21 Å². The second-order valence-corrected chi connectivity index (χ2v) is 9.84. The average Bonchev–Trinajstić information content (AvgIpc) is 3.41. The topological polar surface area (TPSA) is 49.3 Å². The van der Waals surface area contributed by atoms with Crippen molar-refractivity contribution in [2.45, 2.75) is 12.8 Å². The number of nitriles is 1. The Kier molecular flexibility index (Phi) is 5.65. The van der Waals surface area contributed by atoms with Crippen LogP contribution in [0.5, 0.6) is 0 Å². The summed E-state index contributed by atoms with van der Waals surface area (Å²) in [5.74, 6) is 0. The Morgan fingerprint density at radius 2 is 1.23 bits per heavy atom. The standard InChI is InChI=1S/C36H24N2O/c37-22-24-12-14-25(15-13-24)28-5-1-6-29(21-28)32-9-3-11-34-33-10-2-8-31(35(33)39-36(32)34)27-18-16-26(17-19-27)30-7-4-20-38-23-30/h1-3,5-6,8-21,23H,4,7H2. The van der Waals surface area contributed by atoms with Gasteiger partial charge in [0.05, 0.1) is 11.6 Å². The first-order valence-corrected chi connectivity index (χ1v) is 13.2. The average molecular weight is 501 g/mol.